The van der Waals surface area contributed by atoms with Gasteiger partial charge in [0, 0.05) is 37.1 Å². The minimum absolute atomic E-state index is 0.0647. The summed E-state index contributed by atoms with van der Waals surface area (Å²) in [4.78, 5) is 69.7. The highest BCUT2D eigenvalue weighted by molar-refractivity contribution is 6.23. The van der Waals surface area contributed by atoms with Gasteiger partial charge in [0.1, 0.15) is 11.6 Å². The molecule has 0 aliphatic carbocycles. The van der Waals surface area contributed by atoms with Crippen LogP contribution in [0.5, 0.6) is 0 Å². The van der Waals surface area contributed by atoms with Gasteiger partial charge in [-0.1, -0.05) is 17.9 Å². The van der Waals surface area contributed by atoms with Gasteiger partial charge >= 0.3 is 0 Å². The molecule has 12 nitrogen and oxygen atoms in total. The summed E-state index contributed by atoms with van der Waals surface area (Å²) in [6, 6.07) is 7.49. The lowest BCUT2D eigenvalue weighted by Crippen LogP contribution is -2.54. The second-order valence-electron chi connectivity index (χ2n) is 12.2. The van der Waals surface area contributed by atoms with Crippen LogP contribution in [0.3, 0.4) is 0 Å². The first-order chi connectivity index (χ1) is 21.9. The molecule has 0 bridgehead atoms. The second kappa shape index (κ2) is 11.3. The van der Waals surface area contributed by atoms with E-state index in [1.54, 1.807) is 61.3 Å². The van der Waals surface area contributed by atoms with E-state index in [0.717, 1.165) is 21.7 Å². The largest absolute Gasteiger partial charge is 0.369 e. The molecule has 2 N–H and O–H groups in total. The predicted octanol–water partition coefficient (Wildman–Crippen LogP) is 3.31. The average Bonchev–Trinajstić information content (AvgIpc) is 3.58. The van der Waals surface area contributed by atoms with E-state index in [1.165, 1.54) is 0 Å². The fourth-order valence-corrected chi connectivity index (χ4v) is 5.76. The Morgan fingerprint density at radius 3 is 2.52 bits per heavy atom. The summed E-state index contributed by atoms with van der Waals surface area (Å²) in [5, 5.41) is 9.56. The van der Waals surface area contributed by atoms with Gasteiger partial charge in [0.25, 0.3) is 17.7 Å². The Hall–Kier alpha value is -5.75. The topological polar surface area (TPSA) is 138 Å². The first-order valence-corrected chi connectivity index (χ1v) is 14.9. The molecule has 0 radical (unpaired) electrons. The molecule has 2 fully saturated rings. The van der Waals surface area contributed by atoms with E-state index in [0.29, 0.717) is 30.0 Å². The number of benzene rings is 2. The van der Waals surface area contributed by atoms with E-state index in [2.05, 4.69) is 37.3 Å². The lowest BCUT2D eigenvalue weighted by atomic mass is 9.98. The SMILES string of the molecule is [C-]#[N+]c1ccc(NC(=O)C(C)(C)n2cc(C#CC3CN(c4ccc5c(c4)C(=O)N(C4CCC(=O)NC4=O)C5=O)C3)cn2)c(C)c1C. The fourth-order valence-electron chi connectivity index (χ4n) is 5.76. The maximum Gasteiger partial charge on any atom is 0.262 e. The van der Waals surface area contributed by atoms with Crippen molar-refractivity contribution in [1.29, 1.82) is 0 Å². The van der Waals surface area contributed by atoms with E-state index in [9.17, 15) is 24.0 Å². The molecule has 3 aliphatic rings. The lowest BCUT2D eigenvalue weighted by Gasteiger charge is -2.38. The van der Waals surface area contributed by atoms with Crippen molar-refractivity contribution in [3.8, 4) is 11.8 Å². The average molecular weight is 618 g/mol. The van der Waals surface area contributed by atoms with E-state index in [-0.39, 0.29) is 35.8 Å². The van der Waals surface area contributed by atoms with Crippen molar-refractivity contribution in [2.45, 2.75) is 52.1 Å². The standard InChI is InChI=1S/C34H31N7O5/c1-19-20(2)27(11-10-26(19)35-5)37-33(46)34(3,4)40-18-21(15-36-40)6-7-22-16-39(17-22)23-8-9-24-25(14-23)32(45)41(31(24)44)28-12-13-29(42)38-30(28)43/h8-11,14-15,18,22,28H,12-13,16-17H2,1-4H3,(H,37,46)(H,38,42,43). The van der Waals surface area contributed by atoms with Gasteiger partial charge in [-0.25, -0.2) is 4.85 Å². The monoisotopic (exact) mass is 617 g/mol. The van der Waals surface area contributed by atoms with Gasteiger partial charge in [0.2, 0.25) is 11.8 Å². The summed E-state index contributed by atoms with van der Waals surface area (Å²) in [5.41, 5.74) is 3.79. The number of hydrogen-bond acceptors (Lipinski definition) is 7. The summed E-state index contributed by atoms with van der Waals surface area (Å²) in [5.74, 6) is 4.09. The zero-order valence-corrected chi connectivity index (χ0v) is 25.8. The Labute approximate surface area is 265 Å². The van der Waals surface area contributed by atoms with Crippen molar-refractivity contribution in [3.63, 3.8) is 0 Å². The molecule has 1 atom stereocenters. The van der Waals surface area contributed by atoms with E-state index >= 15 is 0 Å². The first kappa shape index (κ1) is 30.3. The van der Waals surface area contributed by atoms with Crippen LogP contribution in [-0.4, -0.2) is 63.3 Å². The van der Waals surface area contributed by atoms with Crippen LogP contribution in [0.4, 0.5) is 17.1 Å². The van der Waals surface area contributed by atoms with Crippen molar-refractivity contribution in [1.82, 2.24) is 20.0 Å². The second-order valence-corrected chi connectivity index (χ2v) is 12.2. The number of imide groups is 2. The van der Waals surface area contributed by atoms with Gasteiger partial charge in [0.15, 0.2) is 5.69 Å². The van der Waals surface area contributed by atoms with Gasteiger partial charge in [-0.3, -0.25) is 38.9 Å². The van der Waals surface area contributed by atoms with Crippen molar-refractivity contribution < 1.29 is 24.0 Å². The highest BCUT2D eigenvalue weighted by Crippen LogP contribution is 2.33. The number of rotatable bonds is 5. The van der Waals surface area contributed by atoms with Crippen LogP contribution in [0, 0.1) is 38.2 Å². The van der Waals surface area contributed by atoms with E-state index in [1.807, 2.05) is 13.8 Å². The summed E-state index contributed by atoms with van der Waals surface area (Å²) in [6.07, 6.45) is 3.54. The van der Waals surface area contributed by atoms with Gasteiger partial charge in [-0.15, -0.1) is 0 Å². The minimum Gasteiger partial charge on any atom is -0.369 e. The molecule has 3 aliphatic heterocycles. The molecule has 4 heterocycles. The first-order valence-electron chi connectivity index (χ1n) is 14.9. The third kappa shape index (κ3) is 5.18. The Kier molecular flexibility index (Phi) is 7.45. The molecule has 2 aromatic carbocycles. The van der Waals surface area contributed by atoms with Crippen molar-refractivity contribution in [3.05, 3.63) is 82.0 Å². The predicted molar refractivity (Wildman–Crippen MR) is 168 cm³/mol. The third-order valence-corrected chi connectivity index (χ3v) is 8.93. The number of nitrogens with one attached hydrogen (secondary N) is 2. The van der Waals surface area contributed by atoms with E-state index in [4.69, 9.17) is 6.57 Å². The molecule has 2 saturated heterocycles. The van der Waals surface area contributed by atoms with Crippen molar-refractivity contribution in [2.24, 2.45) is 5.92 Å². The number of piperidine rings is 1. The molecule has 0 spiro atoms. The molecule has 3 aromatic rings. The molecule has 12 heteroatoms. The summed E-state index contributed by atoms with van der Waals surface area (Å²) in [7, 11) is 0. The number of aromatic nitrogens is 2. The molecule has 5 amide bonds. The zero-order valence-electron chi connectivity index (χ0n) is 25.8. The van der Waals surface area contributed by atoms with Crippen LogP contribution >= 0.6 is 0 Å². The number of hydrogen-bond donors (Lipinski definition) is 2. The minimum atomic E-state index is -1.01. The summed E-state index contributed by atoms with van der Waals surface area (Å²) < 4.78 is 1.58. The maximum absolute atomic E-state index is 13.2. The number of amides is 5. The van der Waals surface area contributed by atoms with Gasteiger partial charge in [-0.2, -0.15) is 5.10 Å². The summed E-state index contributed by atoms with van der Waals surface area (Å²) in [6.45, 7) is 15.8. The number of carbonyl (C=O) groups is 5. The summed E-state index contributed by atoms with van der Waals surface area (Å²) >= 11 is 0. The number of carbonyl (C=O) groups excluding carboxylic acids is 5. The number of fused-ring (bicyclic) bond motifs is 1. The Bertz CT molecular complexity index is 1950. The molecule has 232 valence electrons. The highest BCUT2D eigenvalue weighted by atomic mass is 16.2. The zero-order chi connectivity index (χ0) is 32.9. The molecular weight excluding hydrogens is 586 g/mol. The molecule has 0 saturated carbocycles. The Morgan fingerprint density at radius 2 is 1.80 bits per heavy atom. The molecule has 46 heavy (non-hydrogen) atoms. The smallest absolute Gasteiger partial charge is 0.262 e. The normalized spacial score (nSPS) is 17.9. The van der Waals surface area contributed by atoms with Gasteiger partial charge in [-0.05, 0) is 69.5 Å². The van der Waals surface area contributed by atoms with Crippen LogP contribution in [0.2, 0.25) is 0 Å². The van der Waals surface area contributed by atoms with Crippen LogP contribution in [0.1, 0.15) is 64.1 Å². The van der Waals surface area contributed by atoms with Gasteiger partial charge < -0.3 is 10.2 Å². The van der Waals surface area contributed by atoms with Gasteiger partial charge in [0.05, 0.1) is 35.4 Å². The Morgan fingerprint density at radius 1 is 1.07 bits per heavy atom. The van der Waals surface area contributed by atoms with E-state index < -0.39 is 35.2 Å². The molecule has 6 rings (SSSR count). The Balaban J connectivity index is 1.08. The number of anilines is 2. The van der Waals surface area contributed by atoms with Crippen LogP contribution in [0.25, 0.3) is 4.85 Å². The quantitative estimate of drug-likeness (QED) is 0.255. The molecule has 1 aromatic heterocycles. The highest BCUT2D eigenvalue weighted by Gasteiger charge is 2.45. The third-order valence-electron chi connectivity index (χ3n) is 8.93. The van der Waals surface area contributed by atoms with Crippen molar-refractivity contribution in [2.75, 3.05) is 23.3 Å². The van der Waals surface area contributed by atoms with Crippen LogP contribution in [0.15, 0.2) is 42.7 Å². The number of nitrogens with zero attached hydrogens (tertiary/aromatic N) is 5. The van der Waals surface area contributed by atoms with Crippen LogP contribution in [-0.2, 0) is 19.9 Å². The maximum atomic E-state index is 13.2. The fraction of sp³-hybridized carbons (Fsp3) is 0.324. The van der Waals surface area contributed by atoms with Crippen molar-refractivity contribution >= 4 is 46.6 Å². The lowest BCUT2D eigenvalue weighted by molar-refractivity contribution is -0.136. The molecule has 1 unspecified atom stereocenters. The molecular formula is C34H31N7O5. The van der Waals surface area contributed by atoms with Crippen LogP contribution < -0.4 is 15.5 Å².